The third kappa shape index (κ3) is 2.64. The van der Waals surface area contributed by atoms with E-state index in [0.717, 1.165) is 21.6 Å². The zero-order valence-corrected chi connectivity index (χ0v) is 13.9. The Labute approximate surface area is 141 Å². The van der Waals surface area contributed by atoms with Crippen molar-refractivity contribution in [2.45, 2.75) is 17.2 Å². The van der Waals surface area contributed by atoms with Gasteiger partial charge in [0.05, 0.1) is 5.69 Å². The second-order valence-corrected chi connectivity index (χ2v) is 6.78. The Morgan fingerprint density at radius 1 is 1.22 bits per heavy atom. The fourth-order valence-electron chi connectivity index (χ4n) is 2.77. The van der Waals surface area contributed by atoms with E-state index in [1.807, 2.05) is 23.9 Å². The van der Waals surface area contributed by atoms with E-state index in [1.165, 1.54) is 23.9 Å². The summed E-state index contributed by atoms with van der Waals surface area (Å²) in [7, 11) is 0. The van der Waals surface area contributed by atoms with Gasteiger partial charge >= 0.3 is 0 Å². The quantitative estimate of drug-likeness (QED) is 0.622. The molecule has 7 heteroatoms. The Balaban J connectivity index is 1.77. The molecular weight excluding hydrogens is 331 g/mol. The molecule has 0 spiro atoms. The Hall–Kier alpha value is -1.86. The van der Waals surface area contributed by atoms with E-state index in [9.17, 15) is 4.39 Å². The number of aliphatic imine (C=N–C) groups is 1. The Morgan fingerprint density at radius 2 is 2.04 bits per heavy atom. The molecule has 0 radical (unpaired) electrons. The Kier molecular flexibility index (Phi) is 3.82. The van der Waals surface area contributed by atoms with Crippen LogP contribution in [0.15, 0.2) is 58.3 Å². The molecule has 4 nitrogen and oxygen atoms in total. The van der Waals surface area contributed by atoms with Crippen LogP contribution in [0.2, 0.25) is 0 Å². The first kappa shape index (κ1) is 14.7. The van der Waals surface area contributed by atoms with E-state index in [4.69, 9.17) is 4.99 Å². The highest BCUT2D eigenvalue weighted by molar-refractivity contribution is 8.16. The molecule has 0 saturated heterocycles. The Bertz CT molecular complexity index is 791. The number of fused-ring (bicyclic) bond motifs is 1. The maximum Gasteiger partial charge on any atom is 0.187 e. The molecule has 0 N–H and O–H groups in total. The summed E-state index contributed by atoms with van der Waals surface area (Å²) in [5.41, 5.74) is 1.90. The van der Waals surface area contributed by atoms with Crippen LogP contribution in [0.3, 0.4) is 0 Å². The van der Waals surface area contributed by atoms with Crippen molar-refractivity contribution in [2.75, 3.05) is 6.26 Å². The van der Waals surface area contributed by atoms with Crippen molar-refractivity contribution >= 4 is 28.7 Å². The second kappa shape index (κ2) is 5.98. The number of rotatable bonds is 3. The molecule has 3 heterocycles. The number of nitrogens with zero attached hydrogens (tertiary/aromatic N) is 4. The average Bonchev–Trinajstić information content (AvgIpc) is 3.16. The molecule has 2 atom stereocenters. The zero-order chi connectivity index (χ0) is 15.8. The van der Waals surface area contributed by atoms with Gasteiger partial charge in [-0.2, -0.15) is 0 Å². The normalized spacial score (nSPS) is 22.3. The van der Waals surface area contributed by atoms with Crippen LogP contribution in [0.1, 0.15) is 23.3 Å². The van der Waals surface area contributed by atoms with Crippen LogP contribution in [0.4, 0.5) is 4.39 Å². The number of halogens is 1. The molecule has 1 aromatic heterocycles. The van der Waals surface area contributed by atoms with Gasteiger partial charge in [-0.3, -0.25) is 4.99 Å². The lowest BCUT2D eigenvalue weighted by Gasteiger charge is -2.25. The fraction of sp³-hybridized carbons (Fsp3) is 0.188. The molecule has 2 aliphatic heterocycles. The lowest BCUT2D eigenvalue weighted by molar-refractivity contribution is 0.389. The highest BCUT2D eigenvalue weighted by atomic mass is 32.2. The molecule has 0 bridgehead atoms. The van der Waals surface area contributed by atoms with Gasteiger partial charge in [-0.1, -0.05) is 35.7 Å². The molecular formula is C16H13FN4S2. The second-order valence-electron chi connectivity index (χ2n) is 5.13. The number of benzene rings is 1. The van der Waals surface area contributed by atoms with Crippen LogP contribution in [0, 0.1) is 5.82 Å². The predicted octanol–water partition coefficient (Wildman–Crippen LogP) is 4.01. The molecule has 0 fully saturated rings. The van der Waals surface area contributed by atoms with Gasteiger partial charge in [-0.15, -0.1) is 0 Å². The van der Waals surface area contributed by atoms with Crippen molar-refractivity contribution in [1.29, 1.82) is 0 Å². The molecule has 0 saturated carbocycles. The van der Waals surface area contributed by atoms with Crippen molar-refractivity contribution in [2.24, 2.45) is 4.99 Å². The van der Waals surface area contributed by atoms with E-state index in [0.29, 0.717) is 0 Å². The van der Waals surface area contributed by atoms with Gasteiger partial charge in [-0.25, -0.2) is 14.4 Å². The predicted molar refractivity (Wildman–Crippen MR) is 91.7 cm³/mol. The van der Waals surface area contributed by atoms with Gasteiger partial charge in [0.2, 0.25) is 0 Å². The third-order valence-electron chi connectivity index (χ3n) is 3.82. The van der Waals surface area contributed by atoms with Gasteiger partial charge in [0.1, 0.15) is 17.9 Å². The molecule has 2 aliphatic rings. The minimum Gasteiger partial charge on any atom is -0.315 e. The summed E-state index contributed by atoms with van der Waals surface area (Å²) in [5.74, 6) is -0.238. The number of aromatic nitrogens is 2. The molecule has 2 unspecified atom stereocenters. The molecule has 116 valence electrons. The van der Waals surface area contributed by atoms with Crippen LogP contribution in [0.5, 0.6) is 0 Å². The third-order valence-corrected chi connectivity index (χ3v) is 5.16. The molecule has 1 aromatic carbocycles. The standard InChI is InChI=1S/C16H13FN4S2/c1-22-15-18-7-6-12(19-15)14-13(10-2-4-11(17)5-3-10)20-16-21(14)8-9-23-16/h2-9,13-14H,1H3. The molecule has 0 amide bonds. The van der Waals surface area contributed by atoms with Crippen LogP contribution in [-0.4, -0.2) is 26.3 Å². The molecule has 0 aliphatic carbocycles. The van der Waals surface area contributed by atoms with Gasteiger partial charge < -0.3 is 4.90 Å². The van der Waals surface area contributed by atoms with Crippen LogP contribution >= 0.6 is 23.5 Å². The lowest BCUT2D eigenvalue weighted by Crippen LogP contribution is -2.23. The van der Waals surface area contributed by atoms with Crippen LogP contribution < -0.4 is 0 Å². The van der Waals surface area contributed by atoms with Crippen molar-refractivity contribution < 1.29 is 4.39 Å². The Morgan fingerprint density at radius 3 is 2.83 bits per heavy atom. The van der Waals surface area contributed by atoms with Crippen molar-refractivity contribution in [3.63, 3.8) is 0 Å². The van der Waals surface area contributed by atoms with Crippen molar-refractivity contribution in [3.8, 4) is 0 Å². The number of amidine groups is 1. The summed E-state index contributed by atoms with van der Waals surface area (Å²) < 4.78 is 13.2. The summed E-state index contributed by atoms with van der Waals surface area (Å²) in [6.07, 6.45) is 5.76. The average molecular weight is 344 g/mol. The first-order chi connectivity index (χ1) is 11.3. The summed E-state index contributed by atoms with van der Waals surface area (Å²) in [6, 6.07) is 8.34. The van der Waals surface area contributed by atoms with Gasteiger partial charge in [-0.05, 0) is 35.4 Å². The lowest BCUT2D eigenvalue weighted by atomic mass is 9.97. The van der Waals surface area contributed by atoms with E-state index in [-0.39, 0.29) is 17.9 Å². The topological polar surface area (TPSA) is 41.4 Å². The maximum absolute atomic E-state index is 13.2. The summed E-state index contributed by atoms with van der Waals surface area (Å²) >= 11 is 3.11. The van der Waals surface area contributed by atoms with Crippen molar-refractivity contribution in [1.82, 2.24) is 14.9 Å². The number of thioether (sulfide) groups is 2. The number of hydrogen-bond donors (Lipinski definition) is 0. The molecule has 4 rings (SSSR count). The van der Waals surface area contributed by atoms with Crippen LogP contribution in [0.25, 0.3) is 0 Å². The molecule has 23 heavy (non-hydrogen) atoms. The van der Waals surface area contributed by atoms with Gasteiger partial charge in [0.25, 0.3) is 0 Å². The highest BCUT2D eigenvalue weighted by Gasteiger charge is 2.40. The summed E-state index contributed by atoms with van der Waals surface area (Å²) in [6.45, 7) is 0. The first-order valence-electron chi connectivity index (χ1n) is 7.08. The minimum atomic E-state index is -0.238. The van der Waals surface area contributed by atoms with E-state index in [1.54, 1.807) is 30.1 Å². The minimum absolute atomic E-state index is 0.0318. The monoisotopic (exact) mass is 344 g/mol. The van der Waals surface area contributed by atoms with E-state index in [2.05, 4.69) is 14.9 Å². The highest BCUT2D eigenvalue weighted by Crippen LogP contribution is 2.46. The fourth-order valence-corrected chi connectivity index (χ4v) is 3.92. The maximum atomic E-state index is 13.2. The van der Waals surface area contributed by atoms with Gasteiger partial charge in [0.15, 0.2) is 10.3 Å². The zero-order valence-electron chi connectivity index (χ0n) is 12.3. The van der Waals surface area contributed by atoms with Crippen molar-refractivity contribution in [3.05, 3.63) is 65.2 Å². The summed E-state index contributed by atoms with van der Waals surface area (Å²) in [4.78, 5) is 15.8. The number of hydrogen-bond acceptors (Lipinski definition) is 6. The SMILES string of the molecule is CSc1nccc(C2C(c3ccc(F)cc3)N=C3SC=CN32)n1. The van der Waals surface area contributed by atoms with E-state index < -0.39 is 0 Å². The van der Waals surface area contributed by atoms with E-state index >= 15 is 0 Å². The van der Waals surface area contributed by atoms with Gasteiger partial charge in [0, 0.05) is 12.4 Å². The largest absolute Gasteiger partial charge is 0.315 e. The van der Waals surface area contributed by atoms with Crippen LogP contribution in [-0.2, 0) is 0 Å². The first-order valence-corrected chi connectivity index (χ1v) is 9.18. The smallest absolute Gasteiger partial charge is 0.187 e. The summed E-state index contributed by atoms with van der Waals surface area (Å²) in [5, 5.41) is 3.71. The molecule has 2 aromatic rings.